The molecule has 0 saturated heterocycles. The smallest absolute Gasteiger partial charge is 0.255 e. The molecule has 27 heavy (non-hydrogen) atoms. The largest absolute Gasteiger partial charge is 0.493 e. The summed E-state index contributed by atoms with van der Waals surface area (Å²) in [5.41, 5.74) is 2.91. The monoisotopic (exact) mass is 478 g/mol. The van der Waals surface area contributed by atoms with Crippen molar-refractivity contribution in [2.45, 2.75) is 20.5 Å². The minimum atomic E-state index is -0.216. The summed E-state index contributed by atoms with van der Waals surface area (Å²) in [5.74, 6) is 1.53. The van der Waals surface area contributed by atoms with E-state index in [2.05, 4.69) is 33.1 Å². The molecule has 0 aliphatic rings. The van der Waals surface area contributed by atoms with Crippen LogP contribution in [0.1, 0.15) is 27.4 Å². The lowest BCUT2D eigenvalue weighted by atomic mass is 10.1. The van der Waals surface area contributed by atoms with Gasteiger partial charge in [-0.25, -0.2) is 0 Å². The zero-order valence-corrected chi connectivity index (χ0v) is 17.4. The van der Waals surface area contributed by atoms with E-state index in [0.29, 0.717) is 23.7 Å². The molecule has 0 unspecified atom stereocenters. The number of carbonyl (C=O) groups excluding carboxylic acids is 1. The maximum Gasteiger partial charge on any atom is 0.255 e. The summed E-state index contributed by atoms with van der Waals surface area (Å²) in [6.45, 7) is 4.02. The fourth-order valence-corrected chi connectivity index (χ4v) is 2.88. The van der Waals surface area contributed by atoms with Crippen molar-refractivity contribution in [3.05, 3.63) is 68.6 Å². The molecule has 0 fully saturated rings. The molecule has 0 aliphatic carbocycles. The van der Waals surface area contributed by atoms with E-state index in [1.807, 2.05) is 38.1 Å². The summed E-state index contributed by atoms with van der Waals surface area (Å²) in [4.78, 5) is 12.5. The van der Waals surface area contributed by atoms with Crippen molar-refractivity contribution in [2.24, 2.45) is 0 Å². The van der Waals surface area contributed by atoms with Crippen molar-refractivity contribution < 1.29 is 18.8 Å². The van der Waals surface area contributed by atoms with E-state index in [1.165, 1.54) is 0 Å². The Labute approximate surface area is 171 Å². The van der Waals surface area contributed by atoms with Gasteiger partial charge in [0.1, 0.15) is 12.4 Å². The highest BCUT2D eigenvalue weighted by Gasteiger charge is 2.14. The third-order valence-corrected chi connectivity index (χ3v) is 4.80. The highest BCUT2D eigenvalue weighted by Crippen LogP contribution is 2.30. The summed E-state index contributed by atoms with van der Waals surface area (Å²) in [6, 6.07) is 12.7. The second-order valence-electron chi connectivity index (χ2n) is 5.92. The molecule has 1 N–H and O–H groups in total. The second kappa shape index (κ2) is 8.43. The molecule has 1 aromatic heterocycles. The fraction of sp³-hybridized carbons (Fsp3) is 0.200. The third kappa shape index (κ3) is 4.60. The van der Waals surface area contributed by atoms with E-state index in [-0.39, 0.29) is 5.91 Å². The molecule has 0 atom stereocenters. The summed E-state index contributed by atoms with van der Waals surface area (Å²) in [6.07, 6.45) is 0. The molecule has 3 aromatic rings. The number of methoxy groups -OCH3 is 1. The number of halogens is 1. The summed E-state index contributed by atoms with van der Waals surface area (Å²) in [5, 5.41) is 6.78. The normalized spacial score (nSPS) is 10.5. The van der Waals surface area contributed by atoms with Crippen molar-refractivity contribution in [1.82, 2.24) is 5.16 Å². The maximum absolute atomic E-state index is 12.5. The van der Waals surface area contributed by atoms with Crippen molar-refractivity contribution in [3.8, 4) is 11.5 Å². The Morgan fingerprint density at radius 3 is 2.52 bits per heavy atom. The first-order valence-corrected chi connectivity index (χ1v) is 9.35. The molecule has 0 saturated carbocycles. The molecule has 0 bridgehead atoms. The zero-order chi connectivity index (χ0) is 19.4. The Bertz CT molecular complexity index is 932. The van der Waals surface area contributed by atoms with Crippen LogP contribution in [0, 0.1) is 17.4 Å². The molecule has 3 rings (SSSR count). The quantitative estimate of drug-likeness (QED) is 0.519. The Hall–Kier alpha value is -2.55. The van der Waals surface area contributed by atoms with Crippen LogP contribution in [0.15, 0.2) is 47.0 Å². The summed E-state index contributed by atoms with van der Waals surface area (Å²) >= 11 is 2.22. The van der Waals surface area contributed by atoms with Crippen LogP contribution >= 0.6 is 22.6 Å². The Kier molecular flexibility index (Phi) is 6.00. The Balaban J connectivity index is 1.73. The Morgan fingerprint density at radius 1 is 1.15 bits per heavy atom. The van der Waals surface area contributed by atoms with Crippen molar-refractivity contribution >= 4 is 34.2 Å². The van der Waals surface area contributed by atoms with Gasteiger partial charge in [-0.3, -0.25) is 4.79 Å². The van der Waals surface area contributed by atoms with Gasteiger partial charge in [-0.2, -0.15) is 0 Å². The van der Waals surface area contributed by atoms with Crippen LogP contribution in [0.5, 0.6) is 11.5 Å². The average Bonchev–Trinajstić information content (AvgIpc) is 2.99. The molecule has 7 heteroatoms. The van der Waals surface area contributed by atoms with E-state index in [9.17, 15) is 4.79 Å². The molecular weight excluding hydrogens is 459 g/mol. The number of hydrogen-bond acceptors (Lipinski definition) is 5. The van der Waals surface area contributed by atoms with E-state index >= 15 is 0 Å². The van der Waals surface area contributed by atoms with Crippen LogP contribution in [-0.2, 0) is 6.61 Å². The highest BCUT2D eigenvalue weighted by molar-refractivity contribution is 14.1. The molecule has 0 spiro atoms. The number of nitrogens with zero attached hydrogens (tertiary/aromatic N) is 1. The molecule has 140 valence electrons. The van der Waals surface area contributed by atoms with Gasteiger partial charge in [0.15, 0.2) is 11.5 Å². The summed E-state index contributed by atoms with van der Waals surface area (Å²) < 4.78 is 17.5. The number of ether oxygens (including phenoxy) is 2. The Morgan fingerprint density at radius 2 is 1.89 bits per heavy atom. The zero-order valence-electron chi connectivity index (χ0n) is 15.2. The van der Waals surface area contributed by atoms with Gasteiger partial charge in [0.05, 0.1) is 18.4 Å². The topological polar surface area (TPSA) is 73.6 Å². The van der Waals surface area contributed by atoms with Gasteiger partial charge < -0.3 is 19.3 Å². The van der Waals surface area contributed by atoms with E-state index in [4.69, 9.17) is 14.0 Å². The average molecular weight is 478 g/mol. The van der Waals surface area contributed by atoms with Gasteiger partial charge in [-0.15, -0.1) is 0 Å². The fourth-order valence-electron chi connectivity index (χ4n) is 2.52. The number of anilines is 1. The predicted octanol–water partition coefficient (Wildman–Crippen LogP) is 4.74. The number of nitrogens with one attached hydrogen (secondary N) is 1. The molecule has 2 aromatic carbocycles. The number of aromatic nitrogens is 1. The van der Waals surface area contributed by atoms with Crippen LogP contribution < -0.4 is 14.8 Å². The van der Waals surface area contributed by atoms with Crippen LogP contribution in [0.2, 0.25) is 0 Å². The number of aryl methyl sites for hydroxylation is 2. The second-order valence-corrected chi connectivity index (χ2v) is 7.16. The van der Waals surface area contributed by atoms with Gasteiger partial charge in [0, 0.05) is 14.8 Å². The van der Waals surface area contributed by atoms with Crippen molar-refractivity contribution in [1.29, 1.82) is 0 Å². The predicted molar refractivity (Wildman–Crippen MR) is 110 cm³/mol. The first-order valence-electron chi connectivity index (χ1n) is 8.27. The number of amides is 1. The summed E-state index contributed by atoms with van der Waals surface area (Å²) in [7, 11) is 1.54. The highest BCUT2D eigenvalue weighted by atomic mass is 127. The SMILES string of the molecule is COc1cc(C(=O)Nc2ccc(I)cc2)ccc1OCc1c(C)noc1C. The number of hydrogen-bond donors (Lipinski definition) is 1. The lowest BCUT2D eigenvalue weighted by Gasteiger charge is -2.12. The van der Waals surface area contributed by atoms with Crippen LogP contribution in [0.3, 0.4) is 0 Å². The molecule has 0 aliphatic heterocycles. The standard InChI is InChI=1S/C20H19IN2O4/c1-12-17(13(2)27-23-12)11-26-18-9-4-14(10-19(18)25-3)20(24)22-16-7-5-15(21)6-8-16/h4-10H,11H2,1-3H3,(H,22,24). The van der Waals surface area contributed by atoms with Crippen LogP contribution in [0.4, 0.5) is 5.69 Å². The number of benzene rings is 2. The van der Waals surface area contributed by atoms with Gasteiger partial charge in [0.25, 0.3) is 5.91 Å². The maximum atomic E-state index is 12.5. The number of carbonyl (C=O) groups is 1. The van der Waals surface area contributed by atoms with E-state index in [0.717, 1.165) is 26.3 Å². The van der Waals surface area contributed by atoms with E-state index in [1.54, 1.807) is 25.3 Å². The minimum Gasteiger partial charge on any atom is -0.493 e. The lowest BCUT2D eigenvalue weighted by molar-refractivity contribution is 0.102. The van der Waals surface area contributed by atoms with Crippen LogP contribution in [0.25, 0.3) is 0 Å². The van der Waals surface area contributed by atoms with Gasteiger partial charge >= 0.3 is 0 Å². The van der Waals surface area contributed by atoms with Gasteiger partial charge in [0.2, 0.25) is 0 Å². The van der Waals surface area contributed by atoms with Crippen molar-refractivity contribution in [2.75, 3.05) is 12.4 Å². The molecular formula is C20H19IN2O4. The van der Waals surface area contributed by atoms with Crippen LogP contribution in [-0.4, -0.2) is 18.2 Å². The molecule has 1 amide bonds. The third-order valence-electron chi connectivity index (χ3n) is 4.08. The first kappa shape index (κ1) is 19.2. The first-order chi connectivity index (χ1) is 13.0. The minimum absolute atomic E-state index is 0.216. The number of rotatable bonds is 6. The molecule has 1 heterocycles. The molecule has 6 nitrogen and oxygen atoms in total. The van der Waals surface area contributed by atoms with E-state index < -0.39 is 0 Å². The van der Waals surface area contributed by atoms with Gasteiger partial charge in [-0.05, 0) is 78.9 Å². The van der Waals surface area contributed by atoms with Gasteiger partial charge in [-0.1, -0.05) is 5.16 Å². The lowest BCUT2D eigenvalue weighted by Crippen LogP contribution is -2.12. The van der Waals surface area contributed by atoms with Crippen molar-refractivity contribution in [3.63, 3.8) is 0 Å². The molecule has 0 radical (unpaired) electrons.